The second-order valence-corrected chi connectivity index (χ2v) is 9.46. The topological polar surface area (TPSA) is 108 Å². The Bertz CT molecular complexity index is 1100. The average molecular weight is 433 g/mol. The number of rotatable bonds is 6. The minimum Gasteiger partial charge on any atom is -0.460 e. The van der Waals surface area contributed by atoms with Gasteiger partial charge in [0.15, 0.2) is 17.3 Å². The summed E-state index contributed by atoms with van der Waals surface area (Å²) in [5.41, 5.74) is 0.0878. The summed E-state index contributed by atoms with van der Waals surface area (Å²) in [6.07, 6.45) is -0.563. The standard InChI is InChI=1S/C21H23NO7S/c1-13-9-17-18(28-12-27-17)10-15(13)22-30(25,26)19-8-6-5-7-14(19)16(23)11-20(24)29-21(2,3)4/h5-10,22H,11-12H2,1-4H3. The second-order valence-electron chi connectivity index (χ2n) is 7.81. The van der Waals surface area contributed by atoms with Crippen molar-refractivity contribution in [2.75, 3.05) is 11.5 Å². The Morgan fingerprint density at radius 3 is 2.40 bits per heavy atom. The van der Waals surface area contributed by atoms with E-state index in [0.717, 1.165) is 0 Å². The molecule has 0 aliphatic carbocycles. The van der Waals surface area contributed by atoms with Crippen LogP contribution in [-0.4, -0.2) is 32.6 Å². The number of anilines is 1. The minimum absolute atomic E-state index is 0.0625. The molecule has 2 aromatic rings. The third kappa shape index (κ3) is 4.91. The van der Waals surface area contributed by atoms with E-state index in [2.05, 4.69) is 4.72 Å². The number of fused-ring (bicyclic) bond motifs is 1. The zero-order chi connectivity index (χ0) is 22.1. The van der Waals surface area contributed by atoms with Gasteiger partial charge in [-0.2, -0.15) is 0 Å². The van der Waals surface area contributed by atoms with E-state index >= 15 is 0 Å². The summed E-state index contributed by atoms with van der Waals surface area (Å²) in [6, 6.07) is 8.92. The quantitative estimate of drug-likeness (QED) is 0.422. The largest absolute Gasteiger partial charge is 0.460 e. The molecule has 8 nitrogen and oxygen atoms in total. The highest BCUT2D eigenvalue weighted by Gasteiger charge is 2.26. The average Bonchev–Trinajstić information content (AvgIpc) is 3.07. The summed E-state index contributed by atoms with van der Waals surface area (Å²) in [5.74, 6) is -0.414. The number of carbonyl (C=O) groups excluding carboxylic acids is 2. The lowest BCUT2D eigenvalue weighted by atomic mass is 10.1. The third-order valence-corrected chi connectivity index (χ3v) is 5.59. The van der Waals surface area contributed by atoms with Gasteiger partial charge in [-0.3, -0.25) is 14.3 Å². The Balaban J connectivity index is 1.87. The number of hydrogen-bond acceptors (Lipinski definition) is 7. The lowest BCUT2D eigenvalue weighted by Crippen LogP contribution is -2.26. The molecule has 160 valence electrons. The van der Waals surface area contributed by atoms with Gasteiger partial charge in [0.2, 0.25) is 6.79 Å². The first kappa shape index (κ1) is 21.6. The highest BCUT2D eigenvalue weighted by Crippen LogP contribution is 2.37. The van der Waals surface area contributed by atoms with Gasteiger partial charge in [-0.05, 0) is 45.4 Å². The molecule has 3 rings (SSSR count). The predicted molar refractivity (Wildman–Crippen MR) is 109 cm³/mol. The summed E-state index contributed by atoms with van der Waals surface area (Å²) in [5, 5.41) is 0. The summed E-state index contributed by atoms with van der Waals surface area (Å²) < 4.78 is 44.3. The van der Waals surface area contributed by atoms with E-state index in [1.54, 1.807) is 33.8 Å². The number of esters is 1. The van der Waals surface area contributed by atoms with Gasteiger partial charge in [-0.1, -0.05) is 18.2 Å². The fourth-order valence-electron chi connectivity index (χ4n) is 2.89. The summed E-state index contributed by atoms with van der Waals surface area (Å²) in [7, 11) is -4.12. The van der Waals surface area contributed by atoms with Gasteiger partial charge < -0.3 is 14.2 Å². The van der Waals surface area contributed by atoms with Crippen LogP contribution in [0.5, 0.6) is 11.5 Å². The van der Waals surface area contributed by atoms with Gasteiger partial charge in [0.25, 0.3) is 10.0 Å². The van der Waals surface area contributed by atoms with Crippen LogP contribution >= 0.6 is 0 Å². The molecule has 0 saturated heterocycles. The molecule has 0 fully saturated rings. The van der Waals surface area contributed by atoms with Gasteiger partial charge in [0.1, 0.15) is 12.0 Å². The maximum absolute atomic E-state index is 13.0. The van der Waals surface area contributed by atoms with Gasteiger partial charge in [0, 0.05) is 11.6 Å². The summed E-state index contributed by atoms with van der Waals surface area (Å²) in [4.78, 5) is 24.4. The van der Waals surface area contributed by atoms with E-state index in [1.165, 1.54) is 30.3 Å². The molecule has 0 spiro atoms. The number of benzene rings is 2. The van der Waals surface area contributed by atoms with Gasteiger partial charge in [-0.25, -0.2) is 8.42 Å². The number of Topliss-reactive ketones (excluding diaryl/α,β-unsaturated/α-hetero) is 1. The number of sulfonamides is 1. The number of carbonyl (C=O) groups is 2. The lowest BCUT2D eigenvalue weighted by molar-refractivity contribution is -0.153. The fourth-order valence-corrected chi connectivity index (χ4v) is 4.24. The summed E-state index contributed by atoms with van der Waals surface area (Å²) in [6.45, 7) is 6.84. The van der Waals surface area contributed by atoms with Crippen LogP contribution in [0.15, 0.2) is 41.3 Å². The lowest BCUT2D eigenvalue weighted by Gasteiger charge is -2.19. The number of ketones is 1. The zero-order valence-corrected chi connectivity index (χ0v) is 18.0. The molecule has 0 amide bonds. The van der Waals surface area contributed by atoms with E-state index in [9.17, 15) is 18.0 Å². The maximum Gasteiger partial charge on any atom is 0.314 e. The number of ether oxygens (including phenoxy) is 3. The SMILES string of the molecule is Cc1cc2c(cc1NS(=O)(=O)c1ccccc1C(=O)CC(=O)OC(C)(C)C)OCO2. The van der Waals surface area contributed by atoms with Crippen molar-refractivity contribution in [3.05, 3.63) is 47.5 Å². The smallest absolute Gasteiger partial charge is 0.314 e. The molecular weight excluding hydrogens is 410 g/mol. The van der Waals surface area contributed by atoms with Crippen molar-refractivity contribution in [2.45, 2.75) is 44.6 Å². The molecule has 1 N–H and O–H groups in total. The Morgan fingerprint density at radius 1 is 1.10 bits per heavy atom. The van der Waals surface area contributed by atoms with Crippen LogP contribution in [-0.2, 0) is 19.6 Å². The molecule has 9 heteroatoms. The van der Waals surface area contributed by atoms with E-state index in [4.69, 9.17) is 14.2 Å². The molecule has 0 unspecified atom stereocenters. The van der Waals surface area contributed by atoms with Crippen molar-refractivity contribution < 1.29 is 32.2 Å². The van der Waals surface area contributed by atoms with Crippen molar-refractivity contribution >= 4 is 27.5 Å². The van der Waals surface area contributed by atoms with E-state index < -0.39 is 33.8 Å². The molecule has 30 heavy (non-hydrogen) atoms. The van der Waals surface area contributed by atoms with E-state index in [0.29, 0.717) is 22.7 Å². The van der Waals surface area contributed by atoms with Crippen LogP contribution in [0, 0.1) is 6.92 Å². The highest BCUT2D eigenvalue weighted by atomic mass is 32.2. The number of hydrogen-bond donors (Lipinski definition) is 1. The van der Waals surface area contributed by atoms with Crippen LogP contribution in [0.1, 0.15) is 43.1 Å². The number of nitrogens with one attached hydrogen (secondary N) is 1. The van der Waals surface area contributed by atoms with Gasteiger partial charge in [0.05, 0.1) is 10.6 Å². The molecule has 0 atom stereocenters. The van der Waals surface area contributed by atoms with Crippen LogP contribution in [0.25, 0.3) is 0 Å². The first-order chi connectivity index (χ1) is 14.0. The zero-order valence-electron chi connectivity index (χ0n) is 17.1. The van der Waals surface area contributed by atoms with Gasteiger partial charge >= 0.3 is 5.97 Å². The summed E-state index contributed by atoms with van der Waals surface area (Å²) >= 11 is 0. The molecular formula is C21H23NO7S. The number of aryl methyl sites for hydroxylation is 1. The molecule has 0 aromatic heterocycles. The molecule has 1 aliphatic heterocycles. The molecule has 1 aliphatic rings. The molecule has 1 heterocycles. The predicted octanol–water partition coefficient (Wildman–Crippen LogP) is 3.44. The monoisotopic (exact) mass is 433 g/mol. The Labute approximate surface area is 175 Å². The minimum atomic E-state index is -4.12. The molecule has 2 aromatic carbocycles. The van der Waals surface area contributed by atoms with Gasteiger partial charge in [-0.15, -0.1) is 0 Å². The normalized spacial score (nSPS) is 13.1. The Kier molecular flexibility index (Phi) is 5.76. The Hall–Kier alpha value is -3.07. The molecule has 0 bridgehead atoms. The molecule has 0 radical (unpaired) electrons. The van der Waals surface area contributed by atoms with Crippen LogP contribution in [0.4, 0.5) is 5.69 Å². The second kappa shape index (κ2) is 7.98. The van der Waals surface area contributed by atoms with Crippen LogP contribution < -0.4 is 14.2 Å². The highest BCUT2D eigenvalue weighted by molar-refractivity contribution is 7.92. The van der Waals surface area contributed by atoms with Crippen molar-refractivity contribution in [3.8, 4) is 11.5 Å². The van der Waals surface area contributed by atoms with Crippen LogP contribution in [0.2, 0.25) is 0 Å². The third-order valence-electron chi connectivity index (χ3n) is 4.17. The maximum atomic E-state index is 13.0. The first-order valence-corrected chi connectivity index (χ1v) is 10.7. The van der Waals surface area contributed by atoms with Crippen molar-refractivity contribution in [2.24, 2.45) is 0 Å². The van der Waals surface area contributed by atoms with E-state index in [-0.39, 0.29) is 17.3 Å². The fraction of sp³-hybridized carbons (Fsp3) is 0.333. The molecule has 0 saturated carbocycles. The van der Waals surface area contributed by atoms with Crippen molar-refractivity contribution in [1.82, 2.24) is 0 Å². The first-order valence-electron chi connectivity index (χ1n) is 9.23. The van der Waals surface area contributed by atoms with Crippen molar-refractivity contribution in [1.29, 1.82) is 0 Å². The Morgan fingerprint density at radius 2 is 1.73 bits per heavy atom. The van der Waals surface area contributed by atoms with E-state index in [1.807, 2.05) is 0 Å². The van der Waals surface area contributed by atoms with Crippen LogP contribution in [0.3, 0.4) is 0 Å². The van der Waals surface area contributed by atoms with Crippen molar-refractivity contribution in [3.63, 3.8) is 0 Å².